The number of halogens is 3. The SMILES string of the molecule is Cn1ccnc1-c1cc(OC2CN(C(=O)N3N=CC[C@H]3c3cc(F)cc(F)c3)C2)c(F)cn1. The summed E-state index contributed by atoms with van der Waals surface area (Å²) < 4.78 is 49.0. The van der Waals surface area contributed by atoms with Gasteiger partial charge in [-0.15, -0.1) is 0 Å². The number of aromatic nitrogens is 3. The van der Waals surface area contributed by atoms with Crippen molar-refractivity contribution in [3.8, 4) is 17.3 Å². The molecule has 170 valence electrons. The second kappa shape index (κ2) is 8.23. The van der Waals surface area contributed by atoms with Crippen LogP contribution in [0.3, 0.4) is 0 Å². The van der Waals surface area contributed by atoms with Crippen LogP contribution < -0.4 is 4.74 Å². The molecule has 1 aromatic carbocycles. The molecular formula is C22H19F3N6O2. The van der Waals surface area contributed by atoms with Crippen molar-refractivity contribution in [2.75, 3.05) is 13.1 Å². The van der Waals surface area contributed by atoms with E-state index in [1.165, 1.54) is 34.3 Å². The molecule has 0 radical (unpaired) electrons. The molecule has 0 bridgehead atoms. The van der Waals surface area contributed by atoms with Crippen molar-refractivity contribution >= 4 is 12.2 Å². The zero-order chi connectivity index (χ0) is 23.1. The van der Waals surface area contributed by atoms with Gasteiger partial charge in [0.15, 0.2) is 17.4 Å². The number of benzene rings is 1. The molecule has 5 rings (SSSR count). The van der Waals surface area contributed by atoms with Crippen molar-refractivity contribution in [2.45, 2.75) is 18.6 Å². The van der Waals surface area contributed by atoms with Crippen molar-refractivity contribution in [1.29, 1.82) is 0 Å². The summed E-state index contributed by atoms with van der Waals surface area (Å²) in [6.45, 7) is 0.434. The van der Waals surface area contributed by atoms with Crippen LogP contribution in [0.2, 0.25) is 0 Å². The highest BCUT2D eigenvalue weighted by atomic mass is 19.1. The molecule has 4 heterocycles. The first-order valence-electron chi connectivity index (χ1n) is 10.3. The third-order valence-electron chi connectivity index (χ3n) is 5.58. The Labute approximate surface area is 186 Å². The van der Waals surface area contributed by atoms with E-state index in [9.17, 15) is 18.0 Å². The van der Waals surface area contributed by atoms with Gasteiger partial charge in [-0.05, 0) is 17.7 Å². The minimum atomic E-state index is -0.717. The Morgan fingerprint density at radius 3 is 2.55 bits per heavy atom. The van der Waals surface area contributed by atoms with Crippen LogP contribution in [0.15, 0.2) is 48.0 Å². The monoisotopic (exact) mass is 456 g/mol. The quantitative estimate of drug-likeness (QED) is 0.602. The number of carbonyl (C=O) groups is 1. The van der Waals surface area contributed by atoms with Crippen LogP contribution in [0.1, 0.15) is 18.0 Å². The summed E-state index contributed by atoms with van der Waals surface area (Å²) in [5.41, 5.74) is 0.787. The Bertz CT molecular complexity index is 1220. The number of rotatable bonds is 4. The summed E-state index contributed by atoms with van der Waals surface area (Å²) in [6.07, 6.45) is 5.90. The molecular weight excluding hydrogens is 437 g/mol. The molecule has 11 heteroatoms. The molecule has 0 aliphatic carbocycles. The van der Waals surface area contributed by atoms with Gasteiger partial charge in [-0.1, -0.05) is 0 Å². The molecule has 0 saturated carbocycles. The van der Waals surface area contributed by atoms with Crippen LogP contribution in [0.25, 0.3) is 11.5 Å². The van der Waals surface area contributed by atoms with Gasteiger partial charge in [0, 0.05) is 44.2 Å². The fraction of sp³-hybridized carbons (Fsp3) is 0.273. The average molecular weight is 456 g/mol. The fourth-order valence-corrected chi connectivity index (χ4v) is 3.88. The van der Waals surface area contributed by atoms with Gasteiger partial charge in [0.1, 0.15) is 23.4 Å². The highest BCUT2D eigenvalue weighted by molar-refractivity contribution is 5.79. The fourth-order valence-electron chi connectivity index (χ4n) is 3.88. The molecule has 2 aliphatic rings. The first kappa shape index (κ1) is 21.0. The van der Waals surface area contributed by atoms with E-state index in [-0.39, 0.29) is 18.8 Å². The Morgan fingerprint density at radius 2 is 1.85 bits per heavy atom. The largest absolute Gasteiger partial charge is 0.483 e. The van der Waals surface area contributed by atoms with Crippen LogP contribution in [-0.4, -0.2) is 55.9 Å². The van der Waals surface area contributed by atoms with Crippen molar-refractivity contribution < 1.29 is 22.7 Å². The number of aryl methyl sites for hydroxylation is 1. The van der Waals surface area contributed by atoms with Gasteiger partial charge >= 0.3 is 6.03 Å². The summed E-state index contributed by atoms with van der Waals surface area (Å²) in [6, 6.07) is 3.62. The smallest absolute Gasteiger partial charge is 0.341 e. The van der Waals surface area contributed by atoms with Crippen LogP contribution in [0.5, 0.6) is 5.75 Å². The molecule has 8 nitrogen and oxygen atoms in total. The van der Waals surface area contributed by atoms with Crippen molar-refractivity contribution in [1.82, 2.24) is 24.4 Å². The lowest BCUT2D eigenvalue weighted by Crippen LogP contribution is -2.58. The van der Waals surface area contributed by atoms with Crippen LogP contribution >= 0.6 is 0 Å². The van der Waals surface area contributed by atoms with Gasteiger partial charge in [-0.3, -0.25) is 0 Å². The lowest BCUT2D eigenvalue weighted by atomic mass is 10.0. The number of hydrogen-bond donors (Lipinski definition) is 0. The third-order valence-corrected chi connectivity index (χ3v) is 5.58. The summed E-state index contributed by atoms with van der Waals surface area (Å²) in [4.78, 5) is 22.6. The molecule has 0 N–H and O–H groups in total. The van der Waals surface area contributed by atoms with Crippen LogP contribution in [-0.2, 0) is 7.05 Å². The Morgan fingerprint density at radius 1 is 1.09 bits per heavy atom. The summed E-state index contributed by atoms with van der Waals surface area (Å²) in [7, 11) is 1.80. The van der Waals surface area contributed by atoms with Gasteiger partial charge in [0.2, 0.25) is 0 Å². The minimum absolute atomic E-state index is 0.0207. The molecule has 0 unspecified atom stereocenters. The maximum absolute atomic E-state index is 14.3. The number of hydrazone groups is 1. The van der Waals surface area contributed by atoms with E-state index >= 15 is 0 Å². The highest BCUT2D eigenvalue weighted by Gasteiger charge is 2.39. The van der Waals surface area contributed by atoms with Crippen molar-refractivity contribution in [2.24, 2.45) is 12.1 Å². The lowest BCUT2D eigenvalue weighted by molar-refractivity contribution is 0.0256. The standard InChI is InChI=1S/C22H19F3N6O2/c1-29-5-4-26-21(29)18-9-20(17(25)10-27-18)33-16-11-30(12-16)22(32)31-19(2-3-28-31)13-6-14(23)8-15(24)7-13/h3-10,16,19H,2,11-12H2,1H3/t19-/m0/s1. The summed E-state index contributed by atoms with van der Waals surface area (Å²) in [5.74, 6) is -1.46. The third kappa shape index (κ3) is 4.01. The van der Waals surface area contributed by atoms with Crippen molar-refractivity contribution in [3.63, 3.8) is 0 Å². The number of amides is 2. The van der Waals surface area contributed by atoms with E-state index in [4.69, 9.17) is 4.74 Å². The van der Waals surface area contributed by atoms with Gasteiger partial charge in [-0.2, -0.15) is 5.10 Å². The van der Waals surface area contributed by atoms with E-state index in [2.05, 4.69) is 15.1 Å². The number of hydrogen-bond acceptors (Lipinski definition) is 5. The number of likely N-dealkylation sites (tertiary alicyclic amines) is 1. The maximum atomic E-state index is 14.3. The zero-order valence-electron chi connectivity index (χ0n) is 17.5. The van der Waals surface area contributed by atoms with E-state index in [0.29, 0.717) is 23.5 Å². The normalized spacial score (nSPS) is 18.0. The maximum Gasteiger partial charge on any atom is 0.341 e. The summed E-state index contributed by atoms with van der Waals surface area (Å²) >= 11 is 0. The summed E-state index contributed by atoms with van der Waals surface area (Å²) in [5, 5.41) is 5.29. The minimum Gasteiger partial charge on any atom is -0.483 e. The molecule has 33 heavy (non-hydrogen) atoms. The Hall–Kier alpha value is -3.89. The van der Waals surface area contributed by atoms with E-state index in [1.807, 2.05) is 0 Å². The highest BCUT2D eigenvalue weighted by Crippen LogP contribution is 2.32. The topological polar surface area (TPSA) is 75.8 Å². The van der Waals surface area contributed by atoms with E-state index < -0.39 is 35.6 Å². The molecule has 2 aliphatic heterocycles. The molecule has 1 saturated heterocycles. The molecule has 3 aromatic rings. The first-order chi connectivity index (χ1) is 15.9. The Balaban J connectivity index is 1.24. The molecule has 2 amide bonds. The lowest BCUT2D eigenvalue weighted by Gasteiger charge is -2.41. The number of imidazole rings is 1. The van der Waals surface area contributed by atoms with Crippen LogP contribution in [0.4, 0.5) is 18.0 Å². The van der Waals surface area contributed by atoms with Gasteiger partial charge in [-0.25, -0.2) is 32.9 Å². The predicted molar refractivity (Wildman–Crippen MR) is 112 cm³/mol. The van der Waals surface area contributed by atoms with Gasteiger partial charge in [0.05, 0.1) is 25.3 Å². The Kier molecular flexibility index (Phi) is 5.23. The predicted octanol–water partition coefficient (Wildman–Crippen LogP) is 3.52. The van der Waals surface area contributed by atoms with E-state index in [1.54, 1.807) is 24.0 Å². The van der Waals surface area contributed by atoms with Crippen molar-refractivity contribution in [3.05, 3.63) is 65.9 Å². The number of nitrogens with zero attached hydrogens (tertiary/aromatic N) is 6. The molecule has 1 atom stereocenters. The molecule has 2 aromatic heterocycles. The van der Waals surface area contributed by atoms with Gasteiger partial charge in [0.25, 0.3) is 0 Å². The number of carbonyl (C=O) groups excluding carboxylic acids is 1. The van der Waals surface area contributed by atoms with Gasteiger partial charge < -0.3 is 14.2 Å². The number of ether oxygens (including phenoxy) is 1. The molecule has 1 fully saturated rings. The van der Waals surface area contributed by atoms with Crippen LogP contribution in [0, 0.1) is 17.5 Å². The van der Waals surface area contributed by atoms with E-state index in [0.717, 1.165) is 12.3 Å². The average Bonchev–Trinajstić information content (AvgIpc) is 3.39. The number of pyridine rings is 1. The zero-order valence-corrected chi connectivity index (χ0v) is 17.5. The second-order valence-electron chi connectivity index (χ2n) is 7.89. The first-order valence-corrected chi connectivity index (χ1v) is 10.3. The number of urea groups is 1. The molecule has 0 spiro atoms. The second-order valence-corrected chi connectivity index (χ2v) is 7.89.